The van der Waals surface area contributed by atoms with Gasteiger partial charge >= 0.3 is 0 Å². The van der Waals surface area contributed by atoms with Crippen molar-refractivity contribution in [2.24, 2.45) is 0 Å². The minimum absolute atomic E-state index is 0.165. The quantitative estimate of drug-likeness (QED) is 0.369. The first-order chi connectivity index (χ1) is 16.1. The molecule has 0 unspecified atom stereocenters. The first-order valence-corrected chi connectivity index (χ1v) is 12.1. The molecule has 2 N–H and O–H groups in total. The molecule has 1 amide bonds. The van der Waals surface area contributed by atoms with Gasteiger partial charge in [-0.2, -0.15) is 0 Å². The molecule has 5 heteroatoms. The van der Waals surface area contributed by atoms with Crippen LogP contribution >= 0.6 is 0 Å². The maximum atomic E-state index is 12.7. The topological polar surface area (TPSA) is 70.9 Å². The van der Waals surface area contributed by atoms with E-state index in [9.17, 15) is 4.79 Å². The Balaban J connectivity index is 1.31. The number of fused-ring (bicyclic) bond motifs is 2. The molecule has 1 aliphatic carbocycles. The maximum Gasteiger partial charge on any atom is 0.287 e. The highest BCUT2D eigenvalue weighted by Crippen LogP contribution is 2.46. The lowest BCUT2D eigenvalue weighted by molar-refractivity contribution is 0.0920. The zero-order valence-electron chi connectivity index (χ0n) is 20.7. The van der Waals surface area contributed by atoms with Crippen molar-refractivity contribution < 1.29 is 9.21 Å². The molecule has 2 heterocycles. The SMILES string of the molecule is Cc1cc2c(cc1Cc1ccc(C(=O)NCc3nc4ccccc4[nH]3)o1)C(C)(C)CCC2(C)C. The fourth-order valence-corrected chi connectivity index (χ4v) is 5.08. The lowest BCUT2D eigenvalue weighted by atomic mass is 9.62. The predicted molar refractivity (Wildman–Crippen MR) is 135 cm³/mol. The van der Waals surface area contributed by atoms with E-state index in [4.69, 9.17) is 4.42 Å². The van der Waals surface area contributed by atoms with Gasteiger partial charge in [-0.3, -0.25) is 4.79 Å². The van der Waals surface area contributed by atoms with Crippen molar-refractivity contribution in [1.82, 2.24) is 15.3 Å². The Bertz CT molecular complexity index is 1340. The number of para-hydroxylation sites is 2. The second-order valence-corrected chi connectivity index (χ2v) is 10.9. The van der Waals surface area contributed by atoms with Gasteiger partial charge in [0.1, 0.15) is 11.6 Å². The number of nitrogens with one attached hydrogen (secondary N) is 2. The summed E-state index contributed by atoms with van der Waals surface area (Å²) in [7, 11) is 0. The molecule has 5 nitrogen and oxygen atoms in total. The third-order valence-electron chi connectivity index (χ3n) is 7.41. The van der Waals surface area contributed by atoms with Crippen molar-refractivity contribution in [3.63, 3.8) is 0 Å². The van der Waals surface area contributed by atoms with Crippen LogP contribution in [0.1, 0.15) is 84.9 Å². The lowest BCUT2D eigenvalue weighted by Crippen LogP contribution is -2.34. The molecule has 0 bridgehead atoms. The lowest BCUT2D eigenvalue weighted by Gasteiger charge is -2.42. The van der Waals surface area contributed by atoms with Gasteiger partial charge in [-0.15, -0.1) is 0 Å². The molecule has 0 aliphatic heterocycles. The van der Waals surface area contributed by atoms with Gasteiger partial charge in [-0.05, 0) is 77.1 Å². The van der Waals surface area contributed by atoms with Crippen LogP contribution in [0.5, 0.6) is 0 Å². The van der Waals surface area contributed by atoms with Crippen LogP contribution in [0.4, 0.5) is 0 Å². The maximum absolute atomic E-state index is 12.7. The fraction of sp³-hybridized carbons (Fsp3) is 0.379. The second-order valence-electron chi connectivity index (χ2n) is 10.9. The number of aryl methyl sites for hydroxylation is 1. The number of imidazole rings is 1. The van der Waals surface area contributed by atoms with Crippen LogP contribution < -0.4 is 5.32 Å². The zero-order chi connectivity index (χ0) is 24.1. The largest absolute Gasteiger partial charge is 0.456 e. The number of amides is 1. The average molecular weight is 456 g/mol. The Kier molecular flexibility index (Phi) is 5.38. The van der Waals surface area contributed by atoms with Gasteiger partial charge in [-0.1, -0.05) is 52.0 Å². The number of aromatic nitrogens is 2. The van der Waals surface area contributed by atoms with E-state index in [1.54, 1.807) is 6.07 Å². The number of aromatic amines is 1. The summed E-state index contributed by atoms with van der Waals surface area (Å²) in [5.41, 5.74) is 7.65. The van der Waals surface area contributed by atoms with E-state index in [1.807, 2.05) is 30.3 Å². The Hall–Kier alpha value is -3.34. The monoisotopic (exact) mass is 455 g/mol. The average Bonchev–Trinajstić information content (AvgIpc) is 3.43. The number of nitrogens with zero attached hydrogens (tertiary/aromatic N) is 1. The third kappa shape index (κ3) is 4.15. The number of rotatable bonds is 5. The van der Waals surface area contributed by atoms with Gasteiger partial charge in [0.2, 0.25) is 0 Å². The third-order valence-corrected chi connectivity index (χ3v) is 7.41. The first kappa shape index (κ1) is 22.5. The van der Waals surface area contributed by atoms with Crippen molar-refractivity contribution >= 4 is 16.9 Å². The van der Waals surface area contributed by atoms with E-state index in [-0.39, 0.29) is 16.7 Å². The fourth-order valence-electron chi connectivity index (χ4n) is 5.08. The second kappa shape index (κ2) is 8.15. The molecule has 0 saturated carbocycles. The highest BCUT2D eigenvalue weighted by atomic mass is 16.3. The number of hydrogen-bond acceptors (Lipinski definition) is 3. The van der Waals surface area contributed by atoms with E-state index >= 15 is 0 Å². The van der Waals surface area contributed by atoms with Gasteiger partial charge in [0.05, 0.1) is 17.6 Å². The summed E-state index contributed by atoms with van der Waals surface area (Å²) in [5.74, 6) is 1.60. The zero-order valence-corrected chi connectivity index (χ0v) is 20.7. The van der Waals surface area contributed by atoms with Crippen LogP contribution in [0.3, 0.4) is 0 Å². The molecule has 176 valence electrons. The van der Waals surface area contributed by atoms with E-state index < -0.39 is 0 Å². The van der Waals surface area contributed by atoms with Crippen LogP contribution in [-0.2, 0) is 23.8 Å². The number of hydrogen-bond donors (Lipinski definition) is 2. The van der Waals surface area contributed by atoms with Gasteiger partial charge in [-0.25, -0.2) is 4.98 Å². The summed E-state index contributed by atoms with van der Waals surface area (Å²) in [6, 6.07) is 16.2. The molecule has 2 aromatic carbocycles. The number of furan rings is 1. The van der Waals surface area contributed by atoms with E-state index in [2.05, 4.69) is 62.0 Å². The highest BCUT2D eigenvalue weighted by Gasteiger charge is 2.37. The minimum atomic E-state index is -0.239. The van der Waals surface area contributed by atoms with Crippen molar-refractivity contribution in [3.05, 3.63) is 88.1 Å². The van der Waals surface area contributed by atoms with Gasteiger partial charge in [0.25, 0.3) is 5.91 Å². The number of benzene rings is 2. The van der Waals surface area contributed by atoms with Crippen LogP contribution in [0.15, 0.2) is 52.9 Å². The van der Waals surface area contributed by atoms with Crippen molar-refractivity contribution in [2.45, 2.75) is 71.3 Å². The van der Waals surface area contributed by atoms with Crippen molar-refractivity contribution in [2.75, 3.05) is 0 Å². The normalized spacial score (nSPS) is 16.4. The highest BCUT2D eigenvalue weighted by molar-refractivity contribution is 5.91. The van der Waals surface area contributed by atoms with E-state index in [0.29, 0.717) is 18.7 Å². The van der Waals surface area contributed by atoms with Crippen molar-refractivity contribution in [1.29, 1.82) is 0 Å². The Morgan fingerprint density at radius 3 is 2.47 bits per heavy atom. The number of carbonyl (C=O) groups excluding carboxylic acids is 1. The van der Waals surface area contributed by atoms with Gasteiger partial charge in [0.15, 0.2) is 5.76 Å². The Labute approximate surface area is 201 Å². The molecule has 0 atom stereocenters. The molecule has 0 radical (unpaired) electrons. The summed E-state index contributed by atoms with van der Waals surface area (Å²) in [4.78, 5) is 20.4. The van der Waals surface area contributed by atoms with Crippen LogP contribution in [0, 0.1) is 6.92 Å². The molecule has 5 rings (SSSR count). The molecule has 0 saturated heterocycles. The minimum Gasteiger partial charge on any atom is -0.456 e. The molecular formula is C29H33N3O2. The van der Waals surface area contributed by atoms with Crippen LogP contribution in [-0.4, -0.2) is 15.9 Å². The smallest absolute Gasteiger partial charge is 0.287 e. The van der Waals surface area contributed by atoms with E-state index in [0.717, 1.165) is 22.6 Å². The number of H-pyrrole nitrogens is 1. The van der Waals surface area contributed by atoms with Gasteiger partial charge < -0.3 is 14.7 Å². The molecule has 4 aromatic rings. The van der Waals surface area contributed by atoms with Crippen LogP contribution in [0.2, 0.25) is 0 Å². The van der Waals surface area contributed by atoms with Crippen molar-refractivity contribution in [3.8, 4) is 0 Å². The first-order valence-electron chi connectivity index (χ1n) is 12.1. The summed E-state index contributed by atoms with van der Waals surface area (Å²) >= 11 is 0. The van der Waals surface area contributed by atoms with Gasteiger partial charge in [0, 0.05) is 6.42 Å². The standard InChI is InChI=1S/C29H33N3O2/c1-18-14-21-22(29(4,5)13-12-28(21,2)3)16-19(18)15-20-10-11-25(34-20)27(33)30-17-26-31-23-8-6-7-9-24(23)32-26/h6-11,14,16H,12-13,15,17H2,1-5H3,(H,30,33)(H,31,32). The molecule has 34 heavy (non-hydrogen) atoms. The summed E-state index contributed by atoms with van der Waals surface area (Å²) in [6.45, 7) is 11.9. The molecule has 0 fully saturated rings. The Morgan fingerprint density at radius 1 is 1.03 bits per heavy atom. The van der Waals surface area contributed by atoms with E-state index in [1.165, 1.54) is 35.1 Å². The number of carbonyl (C=O) groups is 1. The molecule has 2 aromatic heterocycles. The molecular weight excluding hydrogens is 422 g/mol. The Morgan fingerprint density at radius 2 is 1.74 bits per heavy atom. The van der Waals surface area contributed by atoms with Crippen LogP contribution in [0.25, 0.3) is 11.0 Å². The molecule has 0 spiro atoms. The summed E-state index contributed by atoms with van der Waals surface area (Å²) in [5, 5.41) is 2.90. The summed E-state index contributed by atoms with van der Waals surface area (Å²) in [6.07, 6.45) is 3.06. The molecule has 1 aliphatic rings. The predicted octanol–water partition coefficient (Wildman–Crippen LogP) is 6.33. The summed E-state index contributed by atoms with van der Waals surface area (Å²) < 4.78 is 5.95.